The van der Waals surface area contributed by atoms with Gasteiger partial charge in [0.25, 0.3) is 0 Å². The third-order valence-electron chi connectivity index (χ3n) is 3.53. The highest BCUT2D eigenvalue weighted by Gasteiger charge is 2.44. The van der Waals surface area contributed by atoms with Gasteiger partial charge in [-0.2, -0.15) is 8.42 Å². The standard InChI is InChI=1S/C14H19NO9S2/c16-7-9-11(17)12(18)13(19)14(23-9)25-10(15-24-26(20,21)22)6-8-4-2-1-3-5-8/h1-5,9,11-14,16-19H,6-7H2,(H,20,21,22)/b15-10+/t9-,11-,12+,13-,14+/m0/s1. The van der Waals surface area contributed by atoms with Gasteiger partial charge in [0, 0.05) is 6.42 Å². The smallest absolute Gasteiger partial charge is 0.394 e. The molecule has 26 heavy (non-hydrogen) atoms. The quantitative estimate of drug-likeness (QED) is 0.168. The van der Waals surface area contributed by atoms with E-state index in [1.54, 1.807) is 30.3 Å². The lowest BCUT2D eigenvalue weighted by Gasteiger charge is -2.39. The highest BCUT2D eigenvalue weighted by molar-refractivity contribution is 8.14. The number of nitrogens with zero attached hydrogens (tertiary/aromatic N) is 1. The van der Waals surface area contributed by atoms with Crippen molar-refractivity contribution in [3.8, 4) is 0 Å². The van der Waals surface area contributed by atoms with Crippen molar-refractivity contribution in [3.05, 3.63) is 35.9 Å². The molecule has 1 saturated heterocycles. The molecular weight excluding hydrogens is 390 g/mol. The molecule has 5 atom stereocenters. The van der Waals surface area contributed by atoms with Gasteiger partial charge in [0.2, 0.25) is 0 Å². The Kier molecular flexibility index (Phi) is 7.37. The van der Waals surface area contributed by atoms with Gasteiger partial charge in [0.1, 0.15) is 34.9 Å². The maximum absolute atomic E-state index is 10.8. The van der Waals surface area contributed by atoms with E-state index < -0.39 is 46.9 Å². The average Bonchev–Trinajstić information content (AvgIpc) is 2.60. The van der Waals surface area contributed by atoms with E-state index in [2.05, 4.69) is 9.44 Å². The average molecular weight is 409 g/mol. The second kappa shape index (κ2) is 9.10. The Hall–Kier alpha value is -1.25. The second-order valence-corrected chi connectivity index (χ2v) is 7.64. The largest absolute Gasteiger partial charge is 0.466 e. The molecular formula is C14H19NO9S2. The number of aliphatic hydroxyl groups excluding tert-OH is 4. The van der Waals surface area contributed by atoms with Crippen LogP contribution in [0.25, 0.3) is 0 Å². The first-order chi connectivity index (χ1) is 12.2. The highest BCUT2D eigenvalue weighted by Crippen LogP contribution is 2.30. The molecule has 0 aliphatic carbocycles. The van der Waals surface area contributed by atoms with Gasteiger partial charge in [-0.25, -0.2) is 4.28 Å². The number of hydrogen-bond donors (Lipinski definition) is 5. The number of ether oxygens (including phenoxy) is 1. The number of aliphatic hydroxyl groups is 4. The summed E-state index contributed by atoms with van der Waals surface area (Å²) in [4.78, 5) is 0. The number of rotatable bonds is 6. The zero-order chi connectivity index (χ0) is 19.3. The molecule has 10 nitrogen and oxygen atoms in total. The number of benzene rings is 1. The lowest BCUT2D eigenvalue weighted by Crippen LogP contribution is -2.57. The summed E-state index contributed by atoms with van der Waals surface area (Å²) in [5.41, 5.74) is -0.444. The van der Waals surface area contributed by atoms with Gasteiger partial charge in [-0.15, -0.1) is 0 Å². The number of oxime groups is 1. The normalized spacial score (nSPS) is 30.2. The summed E-state index contributed by atoms with van der Waals surface area (Å²) in [6.45, 7) is -0.602. The maximum Gasteiger partial charge on any atom is 0.466 e. The first-order valence-electron chi connectivity index (χ1n) is 7.45. The molecule has 0 unspecified atom stereocenters. The number of hydrogen-bond acceptors (Lipinski definition) is 10. The van der Waals surface area contributed by atoms with Crippen LogP contribution in [0, 0.1) is 0 Å². The van der Waals surface area contributed by atoms with Crippen LogP contribution >= 0.6 is 11.8 Å². The zero-order valence-corrected chi connectivity index (χ0v) is 15.0. The zero-order valence-electron chi connectivity index (χ0n) is 13.3. The molecule has 5 N–H and O–H groups in total. The van der Waals surface area contributed by atoms with Crippen molar-refractivity contribution in [2.75, 3.05) is 6.61 Å². The minimum Gasteiger partial charge on any atom is -0.394 e. The summed E-state index contributed by atoms with van der Waals surface area (Å²) in [5, 5.41) is 42.2. The second-order valence-electron chi connectivity index (χ2n) is 5.46. The molecule has 12 heteroatoms. The van der Waals surface area contributed by atoms with Gasteiger partial charge in [-0.3, -0.25) is 4.55 Å². The molecule has 1 aromatic carbocycles. The minimum atomic E-state index is -4.83. The molecule has 0 aromatic heterocycles. The Morgan fingerprint density at radius 3 is 2.38 bits per heavy atom. The fourth-order valence-corrected chi connectivity index (χ4v) is 3.58. The van der Waals surface area contributed by atoms with Crippen molar-refractivity contribution in [3.63, 3.8) is 0 Å². The third-order valence-corrected chi connectivity index (χ3v) is 4.91. The van der Waals surface area contributed by atoms with E-state index in [1.807, 2.05) is 0 Å². The molecule has 0 saturated carbocycles. The molecule has 1 aromatic rings. The van der Waals surface area contributed by atoms with Crippen LogP contribution in [0.3, 0.4) is 0 Å². The summed E-state index contributed by atoms with van der Waals surface area (Å²) in [5.74, 6) is 0. The predicted octanol–water partition coefficient (Wildman–Crippen LogP) is -1.10. The van der Waals surface area contributed by atoms with Gasteiger partial charge in [-0.1, -0.05) is 47.2 Å². The first kappa shape index (κ1) is 21.1. The minimum absolute atomic E-state index is 0.0122. The topological polar surface area (TPSA) is 166 Å². The van der Waals surface area contributed by atoms with Crippen LogP contribution in [0.15, 0.2) is 35.5 Å². The molecule has 1 aliphatic rings. The van der Waals surface area contributed by atoms with Crippen LogP contribution in [0.2, 0.25) is 0 Å². The molecule has 2 rings (SSSR count). The van der Waals surface area contributed by atoms with Crippen LogP contribution in [-0.4, -0.2) is 74.9 Å². The molecule has 0 spiro atoms. The summed E-state index contributed by atoms with van der Waals surface area (Å²) in [7, 11) is -4.83. The van der Waals surface area contributed by atoms with Crippen molar-refractivity contribution < 1.29 is 42.4 Å². The Labute approximate surface area is 154 Å². The van der Waals surface area contributed by atoms with E-state index in [0.29, 0.717) is 0 Å². The van der Waals surface area contributed by atoms with Crippen molar-refractivity contribution in [1.29, 1.82) is 0 Å². The van der Waals surface area contributed by atoms with Crippen LogP contribution in [0.4, 0.5) is 0 Å². The molecule has 1 fully saturated rings. The lowest BCUT2D eigenvalue weighted by atomic mass is 10.0. The van der Waals surface area contributed by atoms with E-state index in [4.69, 9.17) is 9.29 Å². The molecule has 0 bridgehead atoms. The monoisotopic (exact) mass is 409 g/mol. The fraction of sp³-hybridized carbons (Fsp3) is 0.500. The van der Waals surface area contributed by atoms with E-state index in [-0.39, 0.29) is 11.5 Å². The summed E-state index contributed by atoms with van der Waals surface area (Å²) in [6, 6.07) is 8.73. The lowest BCUT2D eigenvalue weighted by molar-refractivity contribution is -0.205. The van der Waals surface area contributed by atoms with Crippen LogP contribution in [-0.2, 0) is 25.8 Å². The van der Waals surface area contributed by atoms with E-state index in [0.717, 1.165) is 17.3 Å². The van der Waals surface area contributed by atoms with Gasteiger partial charge < -0.3 is 25.2 Å². The Balaban J connectivity index is 2.19. The molecule has 146 valence electrons. The number of thioether (sulfide) groups is 1. The highest BCUT2D eigenvalue weighted by atomic mass is 32.3. The summed E-state index contributed by atoms with van der Waals surface area (Å²) < 4.78 is 39.6. The maximum atomic E-state index is 10.8. The fourth-order valence-electron chi connectivity index (χ4n) is 2.25. The van der Waals surface area contributed by atoms with Crippen LogP contribution in [0.5, 0.6) is 0 Å². The van der Waals surface area contributed by atoms with Crippen molar-refractivity contribution >= 4 is 27.2 Å². The van der Waals surface area contributed by atoms with Crippen molar-refractivity contribution in [1.82, 2.24) is 0 Å². The van der Waals surface area contributed by atoms with E-state index in [1.165, 1.54) is 0 Å². The Morgan fingerprint density at radius 1 is 1.15 bits per heavy atom. The molecule has 1 heterocycles. The Bertz CT molecular complexity index is 710. The first-order valence-corrected chi connectivity index (χ1v) is 9.69. The van der Waals surface area contributed by atoms with Gasteiger partial charge in [0.15, 0.2) is 0 Å². The van der Waals surface area contributed by atoms with Crippen LogP contribution < -0.4 is 0 Å². The van der Waals surface area contributed by atoms with Crippen molar-refractivity contribution in [2.45, 2.75) is 36.3 Å². The van der Waals surface area contributed by atoms with Gasteiger partial charge in [-0.05, 0) is 5.56 Å². The van der Waals surface area contributed by atoms with Gasteiger partial charge in [0.05, 0.1) is 6.61 Å². The molecule has 0 radical (unpaired) electrons. The summed E-state index contributed by atoms with van der Waals surface area (Å²) in [6.07, 6.45) is -5.68. The SMILES string of the molecule is O=S(=O)(O)O/N=C(\Cc1ccccc1)S[C@H]1O[C@@H](CO)[C@H](O)[C@@H](O)[C@@H]1O. The Morgan fingerprint density at radius 2 is 1.81 bits per heavy atom. The van der Waals surface area contributed by atoms with Crippen molar-refractivity contribution in [2.24, 2.45) is 5.16 Å². The summed E-state index contributed by atoms with van der Waals surface area (Å²) >= 11 is 0.729. The predicted molar refractivity (Wildman–Crippen MR) is 91.6 cm³/mol. The van der Waals surface area contributed by atoms with E-state index in [9.17, 15) is 28.8 Å². The molecule has 1 aliphatic heterocycles. The third kappa shape index (κ3) is 5.89. The van der Waals surface area contributed by atoms with E-state index >= 15 is 0 Å². The van der Waals surface area contributed by atoms with Gasteiger partial charge >= 0.3 is 10.4 Å². The molecule has 0 amide bonds. The van der Waals surface area contributed by atoms with Crippen LogP contribution in [0.1, 0.15) is 5.56 Å².